The summed E-state index contributed by atoms with van der Waals surface area (Å²) in [5.74, 6) is -2.69. The van der Waals surface area contributed by atoms with Crippen LogP contribution in [0, 0.1) is 6.92 Å². The van der Waals surface area contributed by atoms with E-state index in [1.165, 1.54) is 0 Å². The number of aryl methyl sites for hydroxylation is 1. The van der Waals surface area contributed by atoms with E-state index in [-0.39, 0.29) is 18.6 Å². The lowest BCUT2D eigenvalue weighted by atomic mass is 9.92. The third-order valence-electron chi connectivity index (χ3n) is 2.92. The Morgan fingerprint density at radius 3 is 2.59 bits per heavy atom. The molecule has 1 saturated carbocycles. The van der Waals surface area contributed by atoms with Crippen LogP contribution in [0.2, 0.25) is 0 Å². The van der Waals surface area contributed by atoms with Crippen molar-refractivity contribution in [1.82, 2.24) is 0 Å². The highest BCUT2D eigenvalue weighted by Gasteiger charge is 2.46. The number of carbonyl (C=O) groups excluding carboxylic acids is 1. The molecule has 1 aliphatic carbocycles. The Labute approximate surface area is 98.6 Å². The normalized spacial score (nSPS) is 23.5. The number of rotatable bonds is 2. The average molecular weight is 240 g/mol. The van der Waals surface area contributed by atoms with E-state index in [1.54, 1.807) is 24.3 Å². The van der Waals surface area contributed by atoms with E-state index >= 15 is 0 Å². The van der Waals surface area contributed by atoms with Gasteiger partial charge in [-0.1, -0.05) is 17.7 Å². The summed E-state index contributed by atoms with van der Waals surface area (Å²) >= 11 is 0. The summed E-state index contributed by atoms with van der Waals surface area (Å²) in [6.45, 7) is 1.91. The molecule has 2 rings (SSSR count). The maximum Gasteiger partial charge on any atom is 0.285 e. The summed E-state index contributed by atoms with van der Waals surface area (Å²) in [7, 11) is 0. The Bertz CT molecular complexity index is 412. The van der Waals surface area contributed by atoms with Crippen molar-refractivity contribution in [2.24, 2.45) is 0 Å². The van der Waals surface area contributed by atoms with Crippen LogP contribution in [0.3, 0.4) is 0 Å². The van der Waals surface area contributed by atoms with Gasteiger partial charge in [0.05, 0.1) is 0 Å². The van der Waals surface area contributed by atoms with Gasteiger partial charge in [-0.05, 0) is 19.1 Å². The van der Waals surface area contributed by atoms with E-state index < -0.39 is 18.4 Å². The van der Waals surface area contributed by atoms with Crippen LogP contribution in [0.5, 0.6) is 5.75 Å². The van der Waals surface area contributed by atoms with E-state index in [1.807, 2.05) is 6.92 Å². The minimum Gasteiger partial charge on any atom is -0.484 e. The van der Waals surface area contributed by atoms with Crippen LogP contribution >= 0.6 is 0 Å². The van der Waals surface area contributed by atoms with Crippen molar-refractivity contribution in [3.8, 4) is 5.75 Å². The fourth-order valence-corrected chi connectivity index (χ4v) is 1.83. The monoisotopic (exact) mass is 240 g/mol. The molecule has 0 aromatic heterocycles. The van der Waals surface area contributed by atoms with E-state index in [2.05, 4.69) is 0 Å². The second kappa shape index (κ2) is 4.43. The molecule has 17 heavy (non-hydrogen) atoms. The van der Waals surface area contributed by atoms with Gasteiger partial charge in [0.25, 0.3) is 5.92 Å². The second-order valence-corrected chi connectivity index (χ2v) is 4.42. The number of hydrogen-bond donors (Lipinski definition) is 0. The summed E-state index contributed by atoms with van der Waals surface area (Å²) in [6.07, 6.45) is -2.00. The summed E-state index contributed by atoms with van der Waals surface area (Å²) in [4.78, 5) is 11.2. The molecule has 2 nitrogen and oxygen atoms in total. The van der Waals surface area contributed by atoms with Gasteiger partial charge in [-0.3, -0.25) is 4.79 Å². The lowest BCUT2D eigenvalue weighted by molar-refractivity contribution is -0.147. The van der Waals surface area contributed by atoms with Crippen molar-refractivity contribution in [1.29, 1.82) is 0 Å². The van der Waals surface area contributed by atoms with Gasteiger partial charge in [-0.2, -0.15) is 0 Å². The van der Waals surface area contributed by atoms with Gasteiger partial charge < -0.3 is 4.74 Å². The molecular formula is C13H14F2O2. The number of halogens is 2. The number of hydrogen-bond acceptors (Lipinski definition) is 2. The molecular weight excluding hydrogens is 226 g/mol. The predicted molar refractivity (Wildman–Crippen MR) is 59.4 cm³/mol. The van der Waals surface area contributed by atoms with Crippen molar-refractivity contribution < 1.29 is 18.3 Å². The first-order chi connectivity index (χ1) is 7.97. The smallest absolute Gasteiger partial charge is 0.285 e. The molecule has 1 fully saturated rings. The van der Waals surface area contributed by atoms with Crippen molar-refractivity contribution in [2.45, 2.75) is 38.2 Å². The summed E-state index contributed by atoms with van der Waals surface area (Å²) in [6, 6.07) is 6.87. The highest BCUT2D eigenvalue weighted by atomic mass is 19.3. The van der Waals surface area contributed by atoms with E-state index in [9.17, 15) is 13.6 Å². The maximum atomic E-state index is 13.5. The van der Waals surface area contributed by atoms with Crippen molar-refractivity contribution in [2.75, 3.05) is 0 Å². The molecule has 1 aromatic carbocycles. The Kier molecular flexibility index (Phi) is 3.13. The SMILES string of the molecule is Cc1ccc(OC2CC(=O)CCC2(F)F)cc1. The number of ketones is 1. The molecule has 0 heterocycles. The van der Waals surface area contributed by atoms with Crippen molar-refractivity contribution in [3.63, 3.8) is 0 Å². The zero-order valence-corrected chi connectivity index (χ0v) is 9.58. The van der Waals surface area contributed by atoms with E-state index in [0.717, 1.165) is 5.56 Å². The summed E-state index contributed by atoms with van der Waals surface area (Å²) < 4.78 is 32.3. The highest BCUT2D eigenvalue weighted by Crippen LogP contribution is 2.34. The van der Waals surface area contributed by atoms with Crippen LogP contribution in [0.1, 0.15) is 24.8 Å². The molecule has 4 heteroatoms. The first kappa shape index (κ1) is 12.0. The van der Waals surface area contributed by atoms with Gasteiger partial charge in [-0.25, -0.2) is 8.78 Å². The standard InChI is InChI=1S/C13H14F2O2/c1-9-2-4-11(5-3-9)17-12-8-10(16)6-7-13(12,14)15/h2-5,12H,6-8H2,1H3. The lowest BCUT2D eigenvalue weighted by Crippen LogP contribution is -2.43. The molecule has 0 bridgehead atoms. The highest BCUT2D eigenvalue weighted by molar-refractivity contribution is 5.80. The average Bonchev–Trinajstić information content (AvgIpc) is 2.27. The number of benzene rings is 1. The molecule has 0 amide bonds. The Morgan fingerprint density at radius 1 is 1.29 bits per heavy atom. The molecule has 1 atom stereocenters. The number of Topliss-reactive ketones (excluding diaryl/α,β-unsaturated/α-hetero) is 1. The van der Waals surface area contributed by atoms with E-state index in [4.69, 9.17) is 4.74 Å². The Balaban J connectivity index is 2.10. The van der Waals surface area contributed by atoms with Gasteiger partial charge in [0.15, 0.2) is 6.10 Å². The molecule has 0 spiro atoms. The van der Waals surface area contributed by atoms with Crippen molar-refractivity contribution in [3.05, 3.63) is 29.8 Å². The second-order valence-electron chi connectivity index (χ2n) is 4.42. The fourth-order valence-electron chi connectivity index (χ4n) is 1.83. The van der Waals surface area contributed by atoms with Crippen molar-refractivity contribution >= 4 is 5.78 Å². The Morgan fingerprint density at radius 2 is 1.94 bits per heavy atom. The minimum atomic E-state index is -2.92. The molecule has 0 aliphatic heterocycles. The first-order valence-corrected chi connectivity index (χ1v) is 5.60. The zero-order chi connectivity index (χ0) is 12.5. The number of carbonyl (C=O) groups is 1. The molecule has 1 unspecified atom stereocenters. The van der Waals surface area contributed by atoms with Gasteiger partial charge >= 0.3 is 0 Å². The van der Waals surface area contributed by atoms with Crippen LogP contribution in [0.25, 0.3) is 0 Å². The molecule has 1 aromatic rings. The quantitative estimate of drug-likeness (QED) is 0.793. The maximum absolute atomic E-state index is 13.5. The fraction of sp³-hybridized carbons (Fsp3) is 0.462. The summed E-state index contributed by atoms with van der Waals surface area (Å²) in [5, 5.41) is 0. The lowest BCUT2D eigenvalue weighted by Gasteiger charge is -2.30. The predicted octanol–water partition coefficient (Wildman–Crippen LogP) is 3.13. The molecule has 0 N–H and O–H groups in total. The van der Waals surface area contributed by atoms with E-state index in [0.29, 0.717) is 5.75 Å². The Hall–Kier alpha value is -1.45. The van der Waals surface area contributed by atoms with Gasteiger partial charge in [0, 0.05) is 19.3 Å². The van der Waals surface area contributed by atoms with Crippen LogP contribution < -0.4 is 4.74 Å². The van der Waals surface area contributed by atoms with Gasteiger partial charge in [-0.15, -0.1) is 0 Å². The minimum absolute atomic E-state index is 0.0548. The third kappa shape index (κ3) is 2.81. The topological polar surface area (TPSA) is 26.3 Å². The molecule has 92 valence electrons. The summed E-state index contributed by atoms with van der Waals surface area (Å²) in [5.41, 5.74) is 1.03. The first-order valence-electron chi connectivity index (χ1n) is 5.60. The van der Waals surface area contributed by atoms with Gasteiger partial charge in [0.1, 0.15) is 11.5 Å². The van der Waals surface area contributed by atoms with Crippen LogP contribution in [0.15, 0.2) is 24.3 Å². The molecule has 0 radical (unpaired) electrons. The van der Waals surface area contributed by atoms with Crippen LogP contribution in [-0.2, 0) is 4.79 Å². The number of alkyl halides is 2. The van der Waals surface area contributed by atoms with Crippen LogP contribution in [-0.4, -0.2) is 17.8 Å². The molecule has 1 aliphatic rings. The third-order valence-corrected chi connectivity index (χ3v) is 2.92. The zero-order valence-electron chi connectivity index (χ0n) is 9.58. The molecule has 0 saturated heterocycles. The van der Waals surface area contributed by atoms with Gasteiger partial charge in [0.2, 0.25) is 0 Å². The van der Waals surface area contributed by atoms with Crippen LogP contribution in [0.4, 0.5) is 8.78 Å². The number of ether oxygens (including phenoxy) is 1. The largest absolute Gasteiger partial charge is 0.484 e.